The molecule has 7 heteroatoms. The zero-order valence-electron chi connectivity index (χ0n) is 14.2. The lowest BCUT2D eigenvalue weighted by Crippen LogP contribution is -2.45. The van der Waals surface area contributed by atoms with Gasteiger partial charge in [0.25, 0.3) is 0 Å². The summed E-state index contributed by atoms with van der Waals surface area (Å²) in [6.07, 6.45) is 3.18. The van der Waals surface area contributed by atoms with Crippen molar-refractivity contribution < 1.29 is 13.2 Å². The summed E-state index contributed by atoms with van der Waals surface area (Å²) in [5.74, 6) is -0.00476. The second-order valence-electron chi connectivity index (χ2n) is 6.29. The lowest BCUT2D eigenvalue weighted by molar-refractivity contribution is -0.136. The van der Waals surface area contributed by atoms with Crippen LogP contribution in [0.5, 0.6) is 0 Å². The predicted molar refractivity (Wildman–Crippen MR) is 94.9 cm³/mol. The molecular formula is C17H27N3O3S. The molecule has 1 fully saturated rings. The molecule has 0 aromatic heterocycles. The molecule has 1 aromatic rings. The van der Waals surface area contributed by atoms with Gasteiger partial charge in [0, 0.05) is 38.6 Å². The number of hydrogen-bond donors (Lipinski definition) is 1. The standard InChI is InChI=1S/C17H27N3O3S/c1-24(22,23)20-12-8-16(9-13-20)17(21)19(14-10-18)11-7-15-5-3-2-4-6-15/h2-6,16H,7-14,18H2,1H3. The van der Waals surface area contributed by atoms with Gasteiger partial charge in [-0.05, 0) is 24.8 Å². The van der Waals surface area contributed by atoms with E-state index >= 15 is 0 Å². The van der Waals surface area contributed by atoms with E-state index in [1.54, 1.807) is 0 Å². The van der Waals surface area contributed by atoms with Gasteiger partial charge in [-0.2, -0.15) is 0 Å². The Labute approximate surface area is 144 Å². The summed E-state index contributed by atoms with van der Waals surface area (Å²) in [4.78, 5) is 14.6. The van der Waals surface area contributed by atoms with Crippen molar-refractivity contribution in [3.8, 4) is 0 Å². The molecule has 1 aromatic carbocycles. The van der Waals surface area contributed by atoms with Gasteiger partial charge in [-0.15, -0.1) is 0 Å². The average Bonchev–Trinajstić information content (AvgIpc) is 2.58. The molecule has 1 saturated heterocycles. The summed E-state index contributed by atoms with van der Waals surface area (Å²) in [6, 6.07) is 10.1. The van der Waals surface area contributed by atoms with Crippen molar-refractivity contribution in [2.45, 2.75) is 19.3 Å². The highest BCUT2D eigenvalue weighted by molar-refractivity contribution is 7.88. The number of nitrogens with zero attached hydrogens (tertiary/aromatic N) is 2. The smallest absolute Gasteiger partial charge is 0.225 e. The zero-order chi connectivity index (χ0) is 17.6. The molecule has 1 heterocycles. The van der Waals surface area contributed by atoms with Gasteiger partial charge in [0.1, 0.15) is 0 Å². The van der Waals surface area contributed by atoms with Crippen LogP contribution in [0.3, 0.4) is 0 Å². The topological polar surface area (TPSA) is 83.7 Å². The van der Waals surface area contributed by atoms with Crippen molar-refractivity contribution in [3.05, 3.63) is 35.9 Å². The van der Waals surface area contributed by atoms with Crippen molar-refractivity contribution in [1.29, 1.82) is 0 Å². The van der Waals surface area contributed by atoms with Crippen molar-refractivity contribution in [1.82, 2.24) is 9.21 Å². The second kappa shape index (κ2) is 8.60. The minimum Gasteiger partial charge on any atom is -0.341 e. The van der Waals surface area contributed by atoms with E-state index in [0.29, 0.717) is 45.6 Å². The van der Waals surface area contributed by atoms with Crippen molar-refractivity contribution >= 4 is 15.9 Å². The van der Waals surface area contributed by atoms with Crippen LogP contribution < -0.4 is 5.73 Å². The Hall–Kier alpha value is -1.44. The minimum atomic E-state index is -3.16. The number of hydrogen-bond acceptors (Lipinski definition) is 4. The summed E-state index contributed by atoms with van der Waals surface area (Å²) in [7, 11) is -3.16. The zero-order valence-corrected chi connectivity index (χ0v) is 15.0. The molecule has 2 rings (SSSR count). The molecule has 0 radical (unpaired) electrons. The number of nitrogens with two attached hydrogens (primary N) is 1. The van der Waals surface area contributed by atoms with E-state index in [9.17, 15) is 13.2 Å². The minimum absolute atomic E-state index is 0.101. The van der Waals surface area contributed by atoms with E-state index in [-0.39, 0.29) is 11.8 Å². The molecule has 0 aliphatic carbocycles. The van der Waals surface area contributed by atoms with Crippen LogP contribution in [0.4, 0.5) is 0 Å². The van der Waals surface area contributed by atoms with Crippen LogP contribution in [0.25, 0.3) is 0 Å². The van der Waals surface area contributed by atoms with E-state index in [4.69, 9.17) is 5.73 Å². The second-order valence-corrected chi connectivity index (χ2v) is 8.27. The number of piperidine rings is 1. The first kappa shape index (κ1) is 18.9. The molecule has 1 aliphatic rings. The molecule has 0 saturated carbocycles. The highest BCUT2D eigenvalue weighted by Crippen LogP contribution is 2.21. The molecule has 1 aliphatic heterocycles. The Morgan fingerprint density at radius 2 is 1.83 bits per heavy atom. The lowest BCUT2D eigenvalue weighted by Gasteiger charge is -2.33. The van der Waals surface area contributed by atoms with Gasteiger partial charge in [0.05, 0.1) is 6.26 Å². The van der Waals surface area contributed by atoms with Crippen LogP contribution in [0, 0.1) is 5.92 Å². The highest BCUT2D eigenvalue weighted by atomic mass is 32.2. The maximum absolute atomic E-state index is 12.8. The lowest BCUT2D eigenvalue weighted by atomic mass is 9.96. The van der Waals surface area contributed by atoms with Crippen LogP contribution in [0.1, 0.15) is 18.4 Å². The highest BCUT2D eigenvalue weighted by Gasteiger charge is 2.31. The molecule has 0 unspecified atom stereocenters. The summed E-state index contributed by atoms with van der Waals surface area (Å²) < 4.78 is 24.6. The van der Waals surface area contributed by atoms with E-state index in [0.717, 1.165) is 6.42 Å². The summed E-state index contributed by atoms with van der Waals surface area (Å²) in [5.41, 5.74) is 6.86. The first-order valence-electron chi connectivity index (χ1n) is 8.39. The van der Waals surface area contributed by atoms with Crippen LogP contribution in [0.2, 0.25) is 0 Å². The molecule has 1 amide bonds. The number of rotatable bonds is 7. The Bertz CT molecular complexity index is 626. The first-order chi connectivity index (χ1) is 11.4. The molecular weight excluding hydrogens is 326 g/mol. The third-order valence-corrected chi connectivity index (χ3v) is 5.80. The quantitative estimate of drug-likeness (QED) is 0.782. The average molecular weight is 353 g/mol. The van der Waals surface area contributed by atoms with Crippen molar-refractivity contribution in [2.75, 3.05) is 39.0 Å². The predicted octanol–water partition coefficient (Wildman–Crippen LogP) is 0.688. The number of amides is 1. The molecule has 0 atom stereocenters. The van der Waals surface area contributed by atoms with Crippen LogP contribution >= 0.6 is 0 Å². The fraction of sp³-hybridized carbons (Fsp3) is 0.588. The monoisotopic (exact) mass is 353 g/mol. The van der Waals surface area contributed by atoms with Gasteiger partial charge < -0.3 is 10.6 Å². The maximum Gasteiger partial charge on any atom is 0.225 e. The van der Waals surface area contributed by atoms with Gasteiger partial charge >= 0.3 is 0 Å². The summed E-state index contributed by atoms with van der Waals surface area (Å²) >= 11 is 0. The fourth-order valence-electron chi connectivity index (χ4n) is 3.09. The fourth-order valence-corrected chi connectivity index (χ4v) is 3.96. The third-order valence-electron chi connectivity index (χ3n) is 4.50. The van der Waals surface area contributed by atoms with Gasteiger partial charge in [-0.3, -0.25) is 4.79 Å². The van der Waals surface area contributed by atoms with Gasteiger partial charge in [-0.25, -0.2) is 12.7 Å². The first-order valence-corrected chi connectivity index (χ1v) is 10.2. The normalized spacial score (nSPS) is 16.9. The molecule has 2 N–H and O–H groups in total. The van der Waals surface area contributed by atoms with E-state index in [1.165, 1.54) is 16.1 Å². The molecule has 134 valence electrons. The van der Waals surface area contributed by atoms with Gasteiger partial charge in [0.15, 0.2) is 0 Å². The number of benzene rings is 1. The third kappa shape index (κ3) is 5.29. The van der Waals surface area contributed by atoms with E-state index in [1.807, 2.05) is 23.1 Å². The number of carbonyl (C=O) groups is 1. The van der Waals surface area contributed by atoms with Crippen LogP contribution in [-0.4, -0.2) is 62.5 Å². The van der Waals surface area contributed by atoms with Crippen LogP contribution in [-0.2, 0) is 21.2 Å². The molecule has 6 nitrogen and oxygen atoms in total. The van der Waals surface area contributed by atoms with Crippen molar-refractivity contribution in [3.63, 3.8) is 0 Å². The van der Waals surface area contributed by atoms with Crippen LogP contribution in [0.15, 0.2) is 30.3 Å². The SMILES string of the molecule is CS(=O)(=O)N1CCC(C(=O)N(CCN)CCc2ccccc2)CC1. The maximum atomic E-state index is 12.8. The Morgan fingerprint density at radius 3 is 2.38 bits per heavy atom. The Kier molecular flexibility index (Phi) is 6.77. The largest absolute Gasteiger partial charge is 0.341 e. The van der Waals surface area contributed by atoms with E-state index in [2.05, 4.69) is 12.1 Å². The Balaban J connectivity index is 1.92. The molecule has 24 heavy (non-hydrogen) atoms. The molecule has 0 bridgehead atoms. The number of sulfonamides is 1. The number of carbonyl (C=O) groups excluding carboxylic acids is 1. The summed E-state index contributed by atoms with van der Waals surface area (Å²) in [6.45, 7) is 2.46. The summed E-state index contributed by atoms with van der Waals surface area (Å²) in [5, 5.41) is 0. The van der Waals surface area contributed by atoms with Gasteiger partial charge in [-0.1, -0.05) is 30.3 Å². The van der Waals surface area contributed by atoms with E-state index < -0.39 is 10.0 Å². The van der Waals surface area contributed by atoms with Gasteiger partial charge in [0.2, 0.25) is 15.9 Å². The Morgan fingerprint density at radius 1 is 1.21 bits per heavy atom. The van der Waals surface area contributed by atoms with Crippen molar-refractivity contribution in [2.24, 2.45) is 11.7 Å². The molecule has 0 spiro atoms.